The first kappa shape index (κ1) is 18.0. The van der Waals surface area contributed by atoms with Gasteiger partial charge in [0.05, 0.1) is 18.8 Å². The van der Waals surface area contributed by atoms with E-state index in [1.807, 2.05) is 0 Å². The molecular weight excluding hydrogens is 284 g/mol. The van der Waals surface area contributed by atoms with Gasteiger partial charge in [0.2, 0.25) is 5.91 Å². The molecule has 1 aliphatic rings. The summed E-state index contributed by atoms with van der Waals surface area (Å²) < 4.78 is 10.8. The fraction of sp³-hybridized carbons (Fsp3) is 0.833. The van der Waals surface area contributed by atoms with E-state index in [1.165, 1.54) is 13.8 Å². The number of carbonyl (C=O) groups excluding carboxylic acids is 2. The summed E-state index contributed by atoms with van der Waals surface area (Å²) in [7, 11) is 0. The molecule has 1 unspecified atom stereocenters. The third-order valence-corrected chi connectivity index (χ3v) is 3.30. The van der Waals surface area contributed by atoms with Gasteiger partial charge in [0.1, 0.15) is 30.6 Å². The molecular formula is C12H22N2O7. The highest BCUT2D eigenvalue weighted by molar-refractivity contribution is 5.73. The summed E-state index contributed by atoms with van der Waals surface area (Å²) in [6.07, 6.45) is -5.27. The molecule has 0 aromatic carbocycles. The van der Waals surface area contributed by atoms with Crippen molar-refractivity contribution < 1.29 is 34.4 Å². The van der Waals surface area contributed by atoms with Crippen LogP contribution in [0.3, 0.4) is 0 Å². The Balaban J connectivity index is 2.87. The molecule has 1 saturated heterocycles. The molecule has 9 heteroatoms. The molecule has 7 atom stereocenters. The first-order valence-corrected chi connectivity index (χ1v) is 6.57. The number of hydrogen-bond acceptors (Lipinski definition) is 8. The molecule has 0 saturated carbocycles. The van der Waals surface area contributed by atoms with Crippen molar-refractivity contribution in [1.29, 1.82) is 0 Å². The van der Waals surface area contributed by atoms with Crippen molar-refractivity contribution in [2.24, 2.45) is 5.73 Å². The molecule has 21 heavy (non-hydrogen) atoms. The minimum atomic E-state index is -1.40. The van der Waals surface area contributed by atoms with Crippen molar-refractivity contribution in [3.8, 4) is 0 Å². The summed E-state index contributed by atoms with van der Waals surface area (Å²) in [6.45, 7) is 2.21. The van der Waals surface area contributed by atoms with Crippen LogP contribution >= 0.6 is 0 Å². The predicted molar refractivity (Wildman–Crippen MR) is 70.0 cm³/mol. The fourth-order valence-corrected chi connectivity index (χ4v) is 2.00. The molecule has 0 aliphatic carbocycles. The second kappa shape index (κ2) is 7.78. The normalized spacial score (nSPS) is 35.8. The molecule has 0 aromatic heterocycles. The molecule has 0 radical (unpaired) electrons. The van der Waals surface area contributed by atoms with Crippen LogP contribution in [0.2, 0.25) is 0 Å². The third kappa shape index (κ3) is 4.43. The van der Waals surface area contributed by atoms with Crippen LogP contribution in [0.5, 0.6) is 0 Å². The van der Waals surface area contributed by atoms with E-state index >= 15 is 0 Å². The molecule has 0 spiro atoms. The lowest BCUT2D eigenvalue weighted by Gasteiger charge is -2.43. The third-order valence-electron chi connectivity index (χ3n) is 3.30. The Labute approximate surface area is 122 Å². The second-order valence-corrected chi connectivity index (χ2v) is 4.99. The van der Waals surface area contributed by atoms with Gasteiger partial charge in [-0.2, -0.15) is 0 Å². The summed E-state index contributed by atoms with van der Waals surface area (Å²) >= 11 is 0. The quantitative estimate of drug-likeness (QED) is 0.323. The SMILES string of the molecule is CC(=O)N[C@H]1[C@@H](OC(C)[C@H](N)C=O)O[C@H](CO)[C@H](O)[C@@H]1O. The van der Waals surface area contributed by atoms with Crippen LogP contribution in [0.4, 0.5) is 0 Å². The van der Waals surface area contributed by atoms with E-state index in [0.717, 1.165) is 0 Å². The van der Waals surface area contributed by atoms with Gasteiger partial charge in [0.15, 0.2) is 6.29 Å². The van der Waals surface area contributed by atoms with E-state index in [9.17, 15) is 19.8 Å². The molecule has 1 amide bonds. The molecule has 0 aromatic rings. The average Bonchev–Trinajstić information content (AvgIpc) is 2.45. The number of aliphatic hydroxyl groups is 3. The monoisotopic (exact) mass is 306 g/mol. The lowest BCUT2D eigenvalue weighted by molar-refractivity contribution is -0.280. The van der Waals surface area contributed by atoms with Crippen LogP contribution in [-0.4, -0.2) is 76.9 Å². The Hall–Kier alpha value is -1.10. The topological polar surface area (TPSA) is 151 Å². The van der Waals surface area contributed by atoms with Crippen molar-refractivity contribution >= 4 is 12.2 Å². The van der Waals surface area contributed by atoms with Crippen molar-refractivity contribution in [1.82, 2.24) is 5.32 Å². The summed E-state index contributed by atoms with van der Waals surface area (Å²) in [6, 6.07) is -1.97. The molecule has 1 aliphatic heterocycles. The maximum absolute atomic E-state index is 11.2. The molecule has 0 bridgehead atoms. The van der Waals surface area contributed by atoms with Crippen LogP contribution in [0, 0.1) is 0 Å². The van der Waals surface area contributed by atoms with E-state index < -0.39 is 55.3 Å². The van der Waals surface area contributed by atoms with Crippen molar-refractivity contribution in [3.05, 3.63) is 0 Å². The van der Waals surface area contributed by atoms with Gasteiger partial charge in [0, 0.05) is 6.92 Å². The Kier molecular flexibility index (Phi) is 6.65. The fourth-order valence-electron chi connectivity index (χ4n) is 2.00. The largest absolute Gasteiger partial charge is 0.394 e. The van der Waals surface area contributed by atoms with Crippen LogP contribution in [-0.2, 0) is 19.1 Å². The van der Waals surface area contributed by atoms with Gasteiger partial charge >= 0.3 is 0 Å². The number of nitrogens with two attached hydrogens (primary N) is 1. The predicted octanol–water partition coefficient (Wildman–Crippen LogP) is -3.14. The molecule has 122 valence electrons. The summed E-state index contributed by atoms with van der Waals surface area (Å²) in [4.78, 5) is 21.8. The molecule has 1 rings (SSSR count). The van der Waals surface area contributed by atoms with Crippen LogP contribution in [0.25, 0.3) is 0 Å². The number of hydrogen-bond donors (Lipinski definition) is 5. The van der Waals surface area contributed by atoms with Crippen molar-refractivity contribution in [2.75, 3.05) is 6.61 Å². The zero-order chi connectivity index (χ0) is 16.2. The number of amides is 1. The number of aldehydes is 1. The molecule has 9 nitrogen and oxygen atoms in total. The highest BCUT2D eigenvalue weighted by Crippen LogP contribution is 2.23. The number of nitrogens with one attached hydrogen (secondary N) is 1. The molecule has 1 fully saturated rings. The van der Waals surface area contributed by atoms with Gasteiger partial charge < -0.3 is 40.6 Å². The van der Waals surface area contributed by atoms with Crippen LogP contribution in [0.15, 0.2) is 0 Å². The highest BCUT2D eigenvalue weighted by Gasteiger charge is 2.46. The number of carbonyl (C=O) groups is 2. The number of rotatable bonds is 6. The second-order valence-electron chi connectivity index (χ2n) is 4.99. The van der Waals surface area contributed by atoms with Gasteiger partial charge in [-0.25, -0.2) is 0 Å². The van der Waals surface area contributed by atoms with Gasteiger partial charge in [-0.1, -0.05) is 0 Å². The summed E-state index contributed by atoms with van der Waals surface area (Å²) in [5.74, 6) is -0.460. The smallest absolute Gasteiger partial charge is 0.217 e. The zero-order valence-corrected chi connectivity index (χ0v) is 11.9. The van der Waals surface area contributed by atoms with E-state index in [4.69, 9.17) is 20.3 Å². The average molecular weight is 306 g/mol. The number of aliphatic hydroxyl groups excluding tert-OH is 3. The zero-order valence-electron chi connectivity index (χ0n) is 11.9. The maximum atomic E-state index is 11.2. The van der Waals surface area contributed by atoms with E-state index in [-0.39, 0.29) is 0 Å². The first-order chi connectivity index (χ1) is 9.81. The molecule has 1 heterocycles. The van der Waals surface area contributed by atoms with Crippen molar-refractivity contribution in [2.45, 2.75) is 56.6 Å². The van der Waals surface area contributed by atoms with Crippen LogP contribution in [0.1, 0.15) is 13.8 Å². The Bertz CT molecular complexity index is 368. The van der Waals surface area contributed by atoms with Gasteiger partial charge in [-0.3, -0.25) is 4.79 Å². The standard InChI is InChI=1S/C12H22N2O7/c1-5(7(13)3-15)20-12-9(14-6(2)17)11(19)10(18)8(4-16)21-12/h3,5,7-12,16,18-19H,4,13H2,1-2H3,(H,14,17)/t5?,7-,8-,9-,10+,11-,12+/m1/s1. The van der Waals surface area contributed by atoms with E-state index in [2.05, 4.69) is 5.32 Å². The van der Waals surface area contributed by atoms with Gasteiger partial charge in [-0.05, 0) is 6.92 Å². The Morgan fingerprint density at radius 3 is 2.57 bits per heavy atom. The highest BCUT2D eigenvalue weighted by atomic mass is 16.7. The maximum Gasteiger partial charge on any atom is 0.217 e. The van der Waals surface area contributed by atoms with Gasteiger partial charge in [-0.15, -0.1) is 0 Å². The van der Waals surface area contributed by atoms with Crippen molar-refractivity contribution in [3.63, 3.8) is 0 Å². The summed E-state index contributed by atoms with van der Waals surface area (Å²) in [5, 5.41) is 31.4. The molecule has 6 N–H and O–H groups in total. The van der Waals surface area contributed by atoms with Crippen LogP contribution < -0.4 is 11.1 Å². The number of ether oxygens (including phenoxy) is 2. The minimum absolute atomic E-state index is 0.460. The summed E-state index contributed by atoms with van der Waals surface area (Å²) in [5.41, 5.74) is 5.51. The lowest BCUT2D eigenvalue weighted by atomic mass is 9.97. The van der Waals surface area contributed by atoms with E-state index in [0.29, 0.717) is 6.29 Å². The Morgan fingerprint density at radius 1 is 1.48 bits per heavy atom. The Morgan fingerprint density at radius 2 is 2.10 bits per heavy atom. The first-order valence-electron chi connectivity index (χ1n) is 6.57. The van der Waals surface area contributed by atoms with E-state index in [1.54, 1.807) is 0 Å². The van der Waals surface area contributed by atoms with Gasteiger partial charge in [0.25, 0.3) is 0 Å². The minimum Gasteiger partial charge on any atom is -0.394 e. The lowest BCUT2D eigenvalue weighted by Crippen LogP contribution is -2.65.